The number of alkyl halides is 2. The average Bonchev–Trinajstić information content (AvgIpc) is 3.62. The number of fused-ring (bicyclic) bond motifs is 2. The first-order chi connectivity index (χ1) is 27.2. The van der Waals surface area contributed by atoms with Gasteiger partial charge in [0, 0.05) is 78.4 Å². The van der Waals surface area contributed by atoms with Crippen molar-refractivity contribution in [3.63, 3.8) is 0 Å². The van der Waals surface area contributed by atoms with E-state index >= 15 is 0 Å². The molecule has 4 aromatic heterocycles. The molecule has 7 rings (SSSR count). The van der Waals surface area contributed by atoms with Gasteiger partial charge in [-0.05, 0) is 44.0 Å². The van der Waals surface area contributed by atoms with Crippen LogP contribution in [-0.2, 0) is 16.6 Å². The van der Waals surface area contributed by atoms with Crippen LogP contribution >= 0.6 is 22.9 Å². The summed E-state index contributed by atoms with van der Waals surface area (Å²) in [7, 11) is -2.21. The summed E-state index contributed by atoms with van der Waals surface area (Å²) in [6, 6.07) is 10.6. The number of thiophene rings is 1. The number of carbonyl (C=O) groups is 1. The third kappa shape index (κ3) is 8.04. The zero-order valence-electron chi connectivity index (χ0n) is 30.7. The zero-order chi connectivity index (χ0) is 40.6. The van der Waals surface area contributed by atoms with Crippen LogP contribution in [0.3, 0.4) is 0 Å². The van der Waals surface area contributed by atoms with Crippen LogP contribution in [0.1, 0.15) is 59.4 Å². The number of amides is 1. The first kappa shape index (κ1) is 39.7. The van der Waals surface area contributed by atoms with Crippen LogP contribution in [-0.4, -0.2) is 82.6 Å². The lowest BCUT2D eigenvalue weighted by atomic mass is 9.85. The molecular weight excluding hydrogens is 796 g/mol. The molecule has 5 heterocycles. The van der Waals surface area contributed by atoms with Crippen LogP contribution in [0.15, 0.2) is 46.8 Å². The van der Waals surface area contributed by atoms with Crippen LogP contribution < -0.4 is 15.2 Å². The molecule has 0 spiro atoms. The van der Waals surface area contributed by atoms with E-state index < -0.39 is 33.2 Å². The average molecular weight is 830 g/mol. The molecule has 1 amide bonds. The molecule has 1 aliphatic carbocycles. The van der Waals surface area contributed by atoms with Crippen LogP contribution in [0.4, 0.5) is 14.6 Å². The number of hydrogen-bond acceptors (Lipinski definition) is 12. The van der Waals surface area contributed by atoms with Crippen LogP contribution in [0.25, 0.3) is 32.2 Å². The number of aromatic nitrogens is 4. The molecule has 1 saturated heterocycles. The molecular formula is C39H34ClF2N9O4S2. The summed E-state index contributed by atoms with van der Waals surface area (Å²) in [5, 5.41) is 21.2. The number of benzene rings is 1. The Labute approximate surface area is 335 Å². The summed E-state index contributed by atoms with van der Waals surface area (Å²) in [6.07, 6.45) is 3.88. The minimum atomic E-state index is -4.03. The second-order valence-electron chi connectivity index (χ2n) is 14.0. The maximum atomic E-state index is 14.1. The highest BCUT2D eigenvalue weighted by atomic mass is 35.5. The van der Waals surface area contributed by atoms with Gasteiger partial charge in [0.1, 0.15) is 23.3 Å². The van der Waals surface area contributed by atoms with E-state index in [1.54, 1.807) is 37.3 Å². The van der Waals surface area contributed by atoms with Gasteiger partial charge in [0.05, 0.1) is 57.7 Å². The summed E-state index contributed by atoms with van der Waals surface area (Å²) in [5.74, 6) is 2.95. The number of nitriles is 2. The molecule has 1 saturated carbocycles. The minimum Gasteiger partial charge on any atom is -0.355 e. The monoisotopic (exact) mass is 829 g/mol. The van der Waals surface area contributed by atoms with Gasteiger partial charge >= 0.3 is 0 Å². The maximum absolute atomic E-state index is 14.1. The Bertz CT molecular complexity index is 2750. The zero-order valence-corrected chi connectivity index (χ0v) is 33.1. The van der Waals surface area contributed by atoms with Crippen LogP contribution in [0.5, 0.6) is 0 Å². The molecule has 0 bridgehead atoms. The number of aryl methyl sites for hydroxylation is 1. The first-order valence-electron chi connectivity index (χ1n) is 17.9. The summed E-state index contributed by atoms with van der Waals surface area (Å²) in [6.45, 7) is 2.91. The van der Waals surface area contributed by atoms with Gasteiger partial charge in [0.2, 0.25) is 10.0 Å². The summed E-state index contributed by atoms with van der Waals surface area (Å²) in [4.78, 5) is 44.6. The van der Waals surface area contributed by atoms with Crippen molar-refractivity contribution < 1.29 is 22.0 Å². The fourth-order valence-corrected chi connectivity index (χ4v) is 9.42. The fourth-order valence-electron chi connectivity index (χ4n) is 7.36. The third-order valence-electron chi connectivity index (χ3n) is 10.4. The van der Waals surface area contributed by atoms with Gasteiger partial charge in [0.15, 0.2) is 0 Å². The number of nitrogens with one attached hydrogen (secondary N) is 1. The second kappa shape index (κ2) is 15.8. The van der Waals surface area contributed by atoms with Crippen molar-refractivity contribution in [2.45, 2.75) is 63.6 Å². The highest BCUT2D eigenvalue weighted by Crippen LogP contribution is 2.42. The highest BCUT2D eigenvalue weighted by Gasteiger charge is 2.48. The maximum Gasteiger partial charge on any atom is 0.267 e. The molecule has 1 aliphatic heterocycles. The molecule has 292 valence electrons. The lowest BCUT2D eigenvalue weighted by Crippen LogP contribution is -2.55. The smallest absolute Gasteiger partial charge is 0.267 e. The van der Waals surface area contributed by atoms with Gasteiger partial charge in [-0.25, -0.2) is 31.9 Å². The Hall–Kier alpha value is -5.51. The SMILES string of the molecule is Cc1nc2cnc(N(C)C3CCN(C4CC(F)(F)C4)CC3)c(C#N)c2c(=O)n1CC#Cc1ccc(Cl)cc1-c1ccnc2c(C(=O)NS(=O)(=O)CCC#N)csc12. The number of carbonyl (C=O) groups excluding carboxylic acids is 1. The predicted octanol–water partition coefficient (Wildman–Crippen LogP) is 5.62. The van der Waals surface area contributed by atoms with Gasteiger partial charge in [-0.2, -0.15) is 10.5 Å². The number of rotatable bonds is 9. The normalized spacial score (nSPS) is 16.0. The van der Waals surface area contributed by atoms with Crippen molar-refractivity contribution in [1.29, 1.82) is 10.5 Å². The van der Waals surface area contributed by atoms with E-state index in [1.807, 2.05) is 16.7 Å². The third-order valence-corrected chi connectivity index (χ3v) is 12.9. The van der Waals surface area contributed by atoms with E-state index in [0.29, 0.717) is 64.0 Å². The minimum absolute atomic E-state index is 0.00481. The molecule has 1 N–H and O–H groups in total. The molecule has 0 atom stereocenters. The van der Waals surface area contributed by atoms with E-state index in [4.69, 9.17) is 16.9 Å². The number of likely N-dealkylation sites (tertiary alicyclic amines) is 1. The number of pyridine rings is 2. The van der Waals surface area contributed by atoms with Crippen molar-refractivity contribution in [3.05, 3.63) is 79.9 Å². The van der Waals surface area contributed by atoms with Gasteiger partial charge in [-0.1, -0.05) is 23.4 Å². The lowest BCUT2D eigenvalue weighted by Gasteiger charge is -2.46. The molecule has 0 unspecified atom stereocenters. The second-order valence-corrected chi connectivity index (χ2v) is 17.2. The van der Waals surface area contributed by atoms with Gasteiger partial charge < -0.3 is 4.90 Å². The Morgan fingerprint density at radius 3 is 2.61 bits per heavy atom. The van der Waals surface area contributed by atoms with Crippen LogP contribution in [0.2, 0.25) is 5.02 Å². The summed E-state index contributed by atoms with van der Waals surface area (Å²) < 4.78 is 55.5. The van der Waals surface area contributed by atoms with Crippen molar-refractivity contribution in [3.8, 4) is 35.1 Å². The highest BCUT2D eigenvalue weighted by molar-refractivity contribution is 7.90. The van der Waals surface area contributed by atoms with E-state index in [-0.39, 0.29) is 65.4 Å². The number of sulfonamides is 1. The molecule has 0 radical (unpaired) electrons. The quantitative estimate of drug-likeness (QED) is 0.182. The van der Waals surface area contributed by atoms with Crippen molar-refractivity contribution in [2.75, 3.05) is 30.8 Å². The van der Waals surface area contributed by atoms with Crippen molar-refractivity contribution >= 4 is 65.8 Å². The molecule has 2 fully saturated rings. The Balaban J connectivity index is 1.16. The number of halogens is 3. The Morgan fingerprint density at radius 2 is 1.91 bits per heavy atom. The van der Waals surface area contributed by atoms with Gasteiger partial charge in [0.25, 0.3) is 17.4 Å². The van der Waals surface area contributed by atoms with Gasteiger partial charge in [-0.3, -0.25) is 24.0 Å². The van der Waals surface area contributed by atoms with Crippen molar-refractivity contribution in [2.24, 2.45) is 0 Å². The van der Waals surface area contributed by atoms with Gasteiger partial charge in [-0.15, -0.1) is 11.3 Å². The van der Waals surface area contributed by atoms with Crippen LogP contribution in [0, 0.1) is 41.4 Å². The number of anilines is 1. The molecule has 57 heavy (non-hydrogen) atoms. The van der Waals surface area contributed by atoms with E-state index in [1.165, 1.54) is 33.7 Å². The van der Waals surface area contributed by atoms with E-state index in [2.05, 4.69) is 37.8 Å². The molecule has 5 aromatic rings. The van der Waals surface area contributed by atoms with E-state index in [0.717, 1.165) is 0 Å². The number of nitrogens with zero attached hydrogens (tertiary/aromatic N) is 8. The standard InChI is InChI=1S/C39H34ClF2N9O4S2/c1-23-47-32-21-46-36(49(2)26-9-14-50(15-10-26)27-18-39(41,42)19-27)30(20-44)33(32)38(53)51(23)13-3-5-24-6-7-25(40)17-29(24)28-8-12-45-34-31(22-56-35(28)34)37(52)48-57(54,55)16-4-11-43/h6-8,12,17,21-22,26-27H,4,9-10,13-16,18-19H2,1-2H3,(H,48,52). The topological polar surface area (TPSA) is 178 Å². The molecule has 13 nitrogen and oxygen atoms in total. The lowest BCUT2D eigenvalue weighted by molar-refractivity contribution is -0.127. The summed E-state index contributed by atoms with van der Waals surface area (Å²) in [5.41, 5.74) is 2.05. The predicted molar refractivity (Wildman–Crippen MR) is 213 cm³/mol. The number of hydrogen-bond donors (Lipinski definition) is 1. The first-order valence-corrected chi connectivity index (χ1v) is 20.8. The fraction of sp³-hybridized carbons (Fsp3) is 0.359. The Morgan fingerprint density at radius 1 is 1.16 bits per heavy atom. The molecule has 18 heteroatoms. The molecule has 1 aromatic carbocycles. The Kier molecular flexibility index (Phi) is 11.0. The number of piperidine rings is 1. The largest absolute Gasteiger partial charge is 0.355 e. The molecule has 2 aliphatic rings. The van der Waals surface area contributed by atoms with Crippen molar-refractivity contribution in [1.82, 2.24) is 29.1 Å². The summed E-state index contributed by atoms with van der Waals surface area (Å²) >= 11 is 7.63. The van der Waals surface area contributed by atoms with E-state index in [9.17, 15) is 32.0 Å².